The molecule has 0 aliphatic heterocycles. The molecule has 7 aromatic rings. The summed E-state index contributed by atoms with van der Waals surface area (Å²) < 4.78 is 0. The van der Waals surface area contributed by atoms with Crippen LogP contribution in [0, 0.1) is 5.92 Å². The molecule has 7 aromatic carbocycles. The maximum absolute atomic E-state index is 2.42. The van der Waals surface area contributed by atoms with Gasteiger partial charge in [-0.25, -0.2) is 0 Å². The van der Waals surface area contributed by atoms with Crippen LogP contribution in [-0.2, 0) is 6.42 Å². The van der Waals surface area contributed by atoms with Gasteiger partial charge in [-0.3, -0.25) is 0 Å². The topological polar surface area (TPSA) is 6.48 Å². The van der Waals surface area contributed by atoms with Crippen molar-refractivity contribution in [1.29, 1.82) is 0 Å². The van der Waals surface area contributed by atoms with Crippen LogP contribution in [0.3, 0.4) is 0 Å². The highest BCUT2D eigenvalue weighted by atomic mass is 15.1. The van der Waals surface area contributed by atoms with E-state index in [4.69, 9.17) is 0 Å². The Hall–Kier alpha value is -5.60. The van der Waals surface area contributed by atoms with Gasteiger partial charge in [0.1, 0.15) is 0 Å². The van der Waals surface area contributed by atoms with E-state index in [9.17, 15) is 0 Å². The van der Waals surface area contributed by atoms with Gasteiger partial charge in [0.15, 0.2) is 0 Å². The molecule has 0 radical (unpaired) electrons. The van der Waals surface area contributed by atoms with E-state index >= 15 is 0 Å². The molecule has 2 heteroatoms. The second kappa shape index (κ2) is 11.7. The molecule has 0 fully saturated rings. The fraction of sp³-hybridized carbons (Fsp3) is 0.0909. The second-order valence-electron chi connectivity index (χ2n) is 12.4. The smallest absolute Gasteiger partial charge is 0.0536 e. The molecule has 0 saturated heterocycles. The lowest BCUT2D eigenvalue weighted by Crippen LogP contribution is -2.15. The highest BCUT2D eigenvalue weighted by Gasteiger charge is 2.21. The van der Waals surface area contributed by atoms with Crippen LogP contribution in [0.4, 0.5) is 28.4 Å². The summed E-state index contributed by atoms with van der Waals surface area (Å²) in [7, 11) is 2.17. The Kier molecular flexibility index (Phi) is 7.11. The van der Waals surface area contributed by atoms with Gasteiger partial charge < -0.3 is 9.80 Å². The summed E-state index contributed by atoms with van der Waals surface area (Å²) in [6, 6.07) is 55.0. The van der Waals surface area contributed by atoms with Gasteiger partial charge in [-0.05, 0) is 93.7 Å². The lowest BCUT2D eigenvalue weighted by atomic mass is 9.89. The highest BCUT2D eigenvalue weighted by Crippen LogP contribution is 2.43. The fourth-order valence-electron chi connectivity index (χ4n) is 7.00. The van der Waals surface area contributed by atoms with E-state index < -0.39 is 0 Å². The van der Waals surface area contributed by atoms with Crippen molar-refractivity contribution in [2.24, 2.45) is 5.92 Å². The normalized spacial score (nSPS) is 13.9. The fourth-order valence-corrected chi connectivity index (χ4v) is 7.00. The van der Waals surface area contributed by atoms with Gasteiger partial charge in [-0.2, -0.15) is 0 Å². The third-order valence-corrected chi connectivity index (χ3v) is 9.36. The quantitative estimate of drug-likeness (QED) is 0.177. The number of fused-ring (bicyclic) bond motifs is 4. The summed E-state index contributed by atoms with van der Waals surface area (Å²) in [5.74, 6) is 0.540. The van der Waals surface area contributed by atoms with E-state index in [1.54, 1.807) is 0 Å². The van der Waals surface area contributed by atoms with E-state index in [0.29, 0.717) is 5.92 Å². The first-order chi connectivity index (χ1) is 22.6. The Balaban J connectivity index is 1.24. The lowest BCUT2D eigenvalue weighted by molar-refractivity contribution is 0.717. The van der Waals surface area contributed by atoms with E-state index in [0.717, 1.165) is 23.5 Å². The first kappa shape index (κ1) is 27.9. The van der Waals surface area contributed by atoms with Gasteiger partial charge in [0, 0.05) is 40.7 Å². The molecule has 0 aromatic heterocycles. The minimum Gasteiger partial charge on any atom is -0.344 e. The van der Waals surface area contributed by atoms with E-state index in [1.807, 2.05) is 0 Å². The molecule has 0 N–H and O–H groups in total. The van der Waals surface area contributed by atoms with Crippen LogP contribution < -0.4 is 9.80 Å². The van der Waals surface area contributed by atoms with Crippen molar-refractivity contribution < 1.29 is 0 Å². The first-order valence-electron chi connectivity index (χ1n) is 16.1. The predicted molar refractivity (Wildman–Crippen MR) is 198 cm³/mol. The van der Waals surface area contributed by atoms with E-state index in [-0.39, 0.29) is 0 Å². The summed E-state index contributed by atoms with van der Waals surface area (Å²) in [6.45, 7) is 2.29. The molecule has 0 heterocycles. The van der Waals surface area contributed by atoms with Crippen molar-refractivity contribution in [1.82, 2.24) is 0 Å². The van der Waals surface area contributed by atoms with Crippen molar-refractivity contribution >= 4 is 56.1 Å². The van der Waals surface area contributed by atoms with Crippen molar-refractivity contribution in [2.45, 2.75) is 13.3 Å². The molecule has 1 atom stereocenters. The summed E-state index contributed by atoms with van der Waals surface area (Å²) in [5, 5.41) is 5.07. The highest BCUT2D eigenvalue weighted by molar-refractivity contribution is 6.13. The molecule has 1 aliphatic rings. The van der Waals surface area contributed by atoms with Crippen molar-refractivity contribution in [3.8, 4) is 11.1 Å². The summed E-state index contributed by atoms with van der Waals surface area (Å²) in [6.07, 6.45) is 5.72. The number of hydrogen-bond acceptors (Lipinski definition) is 2. The van der Waals surface area contributed by atoms with Crippen LogP contribution in [0.2, 0.25) is 0 Å². The number of rotatable bonds is 6. The van der Waals surface area contributed by atoms with Gasteiger partial charge in [-0.1, -0.05) is 122 Å². The number of hydrogen-bond donors (Lipinski definition) is 0. The minimum absolute atomic E-state index is 0.540. The van der Waals surface area contributed by atoms with Crippen LogP contribution in [0.25, 0.3) is 38.7 Å². The number of nitrogens with zero attached hydrogens (tertiary/aromatic N) is 2. The Morgan fingerprint density at radius 1 is 0.522 bits per heavy atom. The molecule has 0 spiro atoms. The Morgan fingerprint density at radius 2 is 1.20 bits per heavy atom. The Labute approximate surface area is 271 Å². The second-order valence-corrected chi connectivity index (χ2v) is 12.4. The van der Waals surface area contributed by atoms with Gasteiger partial charge in [0.2, 0.25) is 0 Å². The molecule has 8 rings (SSSR count). The predicted octanol–water partition coefficient (Wildman–Crippen LogP) is 12.1. The zero-order chi connectivity index (χ0) is 31.0. The van der Waals surface area contributed by atoms with Crippen molar-refractivity contribution in [3.63, 3.8) is 0 Å². The molecule has 222 valence electrons. The molecule has 0 saturated carbocycles. The van der Waals surface area contributed by atoms with Crippen molar-refractivity contribution in [3.05, 3.63) is 169 Å². The zero-order valence-electron chi connectivity index (χ0n) is 26.3. The van der Waals surface area contributed by atoms with Crippen LogP contribution in [0.5, 0.6) is 0 Å². The van der Waals surface area contributed by atoms with Crippen LogP contribution in [0.1, 0.15) is 18.1 Å². The number of benzene rings is 7. The van der Waals surface area contributed by atoms with Crippen LogP contribution in [0.15, 0.2) is 158 Å². The molecular formula is C44H36N2. The van der Waals surface area contributed by atoms with Gasteiger partial charge in [0.05, 0.1) is 5.69 Å². The Bertz CT molecular complexity index is 2210. The maximum Gasteiger partial charge on any atom is 0.0536 e. The average molecular weight is 593 g/mol. The van der Waals surface area contributed by atoms with Crippen molar-refractivity contribution in [2.75, 3.05) is 16.8 Å². The number of anilines is 5. The van der Waals surface area contributed by atoms with Gasteiger partial charge in [0.25, 0.3) is 0 Å². The standard InChI is InChI=1S/C44H36N2/c1-31-22-27-40-34(28-31)16-11-21-43(40)46(38-17-10-15-33(29-38)32-12-4-3-5-13-32)37-25-23-36(24-26-37)45(2)44-30-35-14-6-7-18-39(35)41-19-8-9-20-42(41)44/h3-27,29-31H,28H2,1-2H3. The maximum atomic E-state index is 2.42. The Morgan fingerprint density at radius 3 is 2.02 bits per heavy atom. The van der Waals surface area contributed by atoms with Crippen LogP contribution in [-0.4, -0.2) is 7.05 Å². The third kappa shape index (κ3) is 5.02. The molecule has 46 heavy (non-hydrogen) atoms. The molecule has 1 unspecified atom stereocenters. The lowest BCUT2D eigenvalue weighted by Gasteiger charge is -2.30. The van der Waals surface area contributed by atoms with Gasteiger partial charge >= 0.3 is 0 Å². The molecule has 0 bridgehead atoms. The SMILES string of the molecule is CC1C=Cc2c(cccc2N(c2ccc(N(C)c3cc4ccccc4c4ccccc34)cc2)c2cccc(-c3ccccc3)c2)C1. The van der Waals surface area contributed by atoms with E-state index in [2.05, 4.69) is 188 Å². The molecule has 2 nitrogen and oxygen atoms in total. The zero-order valence-corrected chi connectivity index (χ0v) is 26.3. The summed E-state index contributed by atoms with van der Waals surface area (Å²) >= 11 is 0. The minimum atomic E-state index is 0.540. The third-order valence-electron chi connectivity index (χ3n) is 9.36. The van der Waals surface area contributed by atoms with Crippen LogP contribution >= 0.6 is 0 Å². The summed E-state index contributed by atoms with van der Waals surface area (Å²) in [4.78, 5) is 4.73. The number of allylic oxidation sites excluding steroid dienone is 1. The van der Waals surface area contributed by atoms with E-state index in [1.165, 1.54) is 55.2 Å². The summed E-state index contributed by atoms with van der Waals surface area (Å²) in [5.41, 5.74) is 10.9. The van der Waals surface area contributed by atoms with Gasteiger partial charge in [-0.15, -0.1) is 0 Å². The molecular weight excluding hydrogens is 556 g/mol. The largest absolute Gasteiger partial charge is 0.344 e. The first-order valence-corrected chi connectivity index (χ1v) is 16.1. The average Bonchev–Trinajstić information content (AvgIpc) is 3.12. The molecule has 1 aliphatic carbocycles. The molecule has 0 amide bonds. The monoisotopic (exact) mass is 592 g/mol.